The highest BCUT2D eigenvalue weighted by molar-refractivity contribution is 5.95. The summed E-state index contributed by atoms with van der Waals surface area (Å²) >= 11 is 0. The van der Waals surface area contributed by atoms with E-state index in [0.29, 0.717) is 17.1 Å². The number of carbonyl (C=O) groups is 1. The van der Waals surface area contributed by atoms with Crippen molar-refractivity contribution in [1.29, 1.82) is 0 Å². The van der Waals surface area contributed by atoms with Gasteiger partial charge in [-0.2, -0.15) is 5.10 Å². The van der Waals surface area contributed by atoms with Crippen molar-refractivity contribution < 1.29 is 4.79 Å². The van der Waals surface area contributed by atoms with Gasteiger partial charge in [0, 0.05) is 23.6 Å². The predicted octanol–water partition coefficient (Wildman–Crippen LogP) is 1.62. The zero-order valence-corrected chi connectivity index (χ0v) is 11.1. The van der Waals surface area contributed by atoms with Crippen LogP contribution in [0.5, 0.6) is 0 Å². The first-order chi connectivity index (χ1) is 10.1. The lowest BCUT2D eigenvalue weighted by Gasteiger charge is -2.04. The molecule has 0 atom stereocenters. The van der Waals surface area contributed by atoms with Crippen molar-refractivity contribution in [2.24, 2.45) is 5.73 Å². The monoisotopic (exact) mass is 279 g/mol. The Hall–Kier alpha value is -3.15. The number of nitrogens with zero attached hydrogens (tertiary/aromatic N) is 3. The van der Waals surface area contributed by atoms with Gasteiger partial charge in [-0.1, -0.05) is 12.1 Å². The van der Waals surface area contributed by atoms with E-state index in [9.17, 15) is 4.79 Å². The van der Waals surface area contributed by atoms with Crippen molar-refractivity contribution in [3.05, 3.63) is 60.6 Å². The molecule has 0 saturated heterocycles. The van der Waals surface area contributed by atoms with E-state index in [1.54, 1.807) is 30.7 Å². The van der Waals surface area contributed by atoms with Crippen molar-refractivity contribution in [1.82, 2.24) is 14.8 Å². The Morgan fingerprint density at radius 3 is 2.76 bits per heavy atom. The van der Waals surface area contributed by atoms with Crippen molar-refractivity contribution in [3.63, 3.8) is 0 Å². The molecule has 6 nitrogen and oxygen atoms in total. The number of anilines is 1. The number of amides is 1. The Bertz CT molecular complexity index is 809. The van der Waals surface area contributed by atoms with Crippen LogP contribution in [0.2, 0.25) is 0 Å². The third-order valence-corrected chi connectivity index (χ3v) is 3.07. The summed E-state index contributed by atoms with van der Waals surface area (Å²) in [5.41, 5.74) is 13.9. The van der Waals surface area contributed by atoms with Gasteiger partial charge < -0.3 is 11.5 Å². The topological polar surface area (TPSA) is 99.8 Å². The third kappa shape index (κ3) is 2.46. The zero-order valence-electron chi connectivity index (χ0n) is 11.1. The number of benzene rings is 1. The van der Waals surface area contributed by atoms with E-state index in [0.717, 1.165) is 11.1 Å². The van der Waals surface area contributed by atoms with Crippen LogP contribution in [-0.2, 0) is 0 Å². The minimum Gasteiger partial charge on any atom is -0.399 e. The van der Waals surface area contributed by atoms with E-state index < -0.39 is 5.91 Å². The molecule has 1 aromatic carbocycles. The van der Waals surface area contributed by atoms with Gasteiger partial charge in [0.1, 0.15) is 0 Å². The van der Waals surface area contributed by atoms with Gasteiger partial charge in [0.15, 0.2) is 5.82 Å². The molecule has 21 heavy (non-hydrogen) atoms. The van der Waals surface area contributed by atoms with Crippen LogP contribution in [0.3, 0.4) is 0 Å². The molecule has 2 heterocycles. The summed E-state index contributed by atoms with van der Waals surface area (Å²) in [4.78, 5) is 15.6. The molecule has 4 N–H and O–H groups in total. The fourth-order valence-electron chi connectivity index (χ4n) is 2.08. The van der Waals surface area contributed by atoms with Crippen molar-refractivity contribution in [2.45, 2.75) is 0 Å². The Morgan fingerprint density at radius 2 is 2.00 bits per heavy atom. The lowest BCUT2D eigenvalue weighted by molar-refractivity contribution is 0.1000. The summed E-state index contributed by atoms with van der Waals surface area (Å²) in [6.07, 6.45) is 5.06. The number of nitrogens with two attached hydrogens (primary N) is 2. The van der Waals surface area contributed by atoms with Crippen LogP contribution in [0.1, 0.15) is 10.4 Å². The van der Waals surface area contributed by atoms with Gasteiger partial charge in [0.25, 0.3) is 5.91 Å². The molecule has 6 heteroatoms. The first-order valence-electron chi connectivity index (χ1n) is 6.31. The number of nitrogen functional groups attached to an aromatic ring is 1. The highest BCUT2D eigenvalue weighted by Crippen LogP contribution is 2.22. The predicted molar refractivity (Wildman–Crippen MR) is 79.7 cm³/mol. The molecule has 0 aliphatic heterocycles. The molecule has 3 rings (SSSR count). The lowest BCUT2D eigenvalue weighted by Crippen LogP contribution is -2.15. The highest BCUT2D eigenvalue weighted by atomic mass is 16.1. The molecular formula is C15H13N5O. The Kier molecular flexibility index (Phi) is 3.12. The van der Waals surface area contributed by atoms with Gasteiger partial charge in [0.05, 0.1) is 11.8 Å². The van der Waals surface area contributed by atoms with Crippen LogP contribution in [0.4, 0.5) is 5.69 Å². The molecule has 2 aromatic heterocycles. The van der Waals surface area contributed by atoms with E-state index >= 15 is 0 Å². The largest absolute Gasteiger partial charge is 0.399 e. The first kappa shape index (κ1) is 12.9. The molecule has 0 fully saturated rings. The second kappa shape index (κ2) is 5.09. The van der Waals surface area contributed by atoms with Crippen molar-refractivity contribution in [2.75, 3.05) is 5.73 Å². The van der Waals surface area contributed by atoms with E-state index in [1.165, 1.54) is 4.68 Å². The Morgan fingerprint density at radius 1 is 1.14 bits per heavy atom. The zero-order chi connectivity index (χ0) is 14.8. The van der Waals surface area contributed by atoms with Gasteiger partial charge in [-0.3, -0.25) is 4.79 Å². The summed E-state index contributed by atoms with van der Waals surface area (Å²) < 4.78 is 1.53. The number of pyridine rings is 1. The molecule has 0 unspecified atom stereocenters. The molecule has 0 radical (unpaired) electrons. The van der Waals surface area contributed by atoms with Crippen LogP contribution in [0, 0.1) is 0 Å². The second-order valence-corrected chi connectivity index (χ2v) is 4.54. The van der Waals surface area contributed by atoms with Gasteiger partial charge in [-0.05, 0) is 29.8 Å². The maximum absolute atomic E-state index is 11.4. The van der Waals surface area contributed by atoms with Crippen LogP contribution in [0.15, 0.2) is 55.0 Å². The normalized spacial score (nSPS) is 10.5. The average molecular weight is 279 g/mol. The van der Waals surface area contributed by atoms with Crippen LogP contribution in [-0.4, -0.2) is 20.7 Å². The van der Waals surface area contributed by atoms with Gasteiger partial charge in [0.2, 0.25) is 0 Å². The smallest absolute Gasteiger partial charge is 0.252 e. The second-order valence-electron chi connectivity index (χ2n) is 4.54. The minimum atomic E-state index is -0.542. The van der Waals surface area contributed by atoms with Gasteiger partial charge in [-0.15, -0.1) is 0 Å². The SMILES string of the molecule is NC(=O)c1cccnc1-n1cc(-c2cccc(N)c2)cn1. The molecule has 0 saturated carbocycles. The van der Waals surface area contributed by atoms with Crippen LogP contribution >= 0.6 is 0 Å². The lowest BCUT2D eigenvalue weighted by atomic mass is 10.1. The molecule has 1 amide bonds. The Balaban J connectivity index is 2.05. The first-order valence-corrected chi connectivity index (χ1v) is 6.31. The summed E-state index contributed by atoms with van der Waals surface area (Å²) in [6, 6.07) is 10.8. The molecule has 0 aliphatic rings. The Labute approximate surface area is 121 Å². The van der Waals surface area contributed by atoms with Gasteiger partial charge in [-0.25, -0.2) is 9.67 Å². The molecule has 3 aromatic rings. The number of hydrogen-bond donors (Lipinski definition) is 2. The van der Waals surface area contributed by atoms with Crippen LogP contribution < -0.4 is 11.5 Å². The maximum atomic E-state index is 11.4. The number of hydrogen-bond acceptors (Lipinski definition) is 4. The maximum Gasteiger partial charge on any atom is 0.252 e. The average Bonchev–Trinajstić information content (AvgIpc) is 2.97. The summed E-state index contributed by atoms with van der Waals surface area (Å²) in [5.74, 6) is -0.140. The van der Waals surface area contributed by atoms with Crippen molar-refractivity contribution >= 4 is 11.6 Å². The fourth-order valence-corrected chi connectivity index (χ4v) is 2.08. The number of carbonyl (C=O) groups excluding carboxylic acids is 1. The number of rotatable bonds is 3. The van der Waals surface area contributed by atoms with E-state index in [2.05, 4.69) is 10.1 Å². The summed E-state index contributed by atoms with van der Waals surface area (Å²) in [6.45, 7) is 0. The standard InChI is InChI=1S/C15H13N5O/c16-12-4-1-3-10(7-12)11-8-19-20(9-11)15-13(14(17)21)5-2-6-18-15/h1-9H,16H2,(H2,17,21). The van der Waals surface area contributed by atoms with Gasteiger partial charge >= 0.3 is 0 Å². The quantitative estimate of drug-likeness (QED) is 0.711. The number of aromatic nitrogens is 3. The van der Waals surface area contributed by atoms with E-state index in [1.807, 2.05) is 24.3 Å². The molecule has 104 valence electrons. The van der Waals surface area contributed by atoms with Crippen molar-refractivity contribution in [3.8, 4) is 16.9 Å². The van der Waals surface area contributed by atoms with E-state index in [-0.39, 0.29) is 0 Å². The molecule has 0 spiro atoms. The van der Waals surface area contributed by atoms with Crippen LogP contribution in [0.25, 0.3) is 16.9 Å². The molecule has 0 aliphatic carbocycles. The number of primary amides is 1. The molecular weight excluding hydrogens is 266 g/mol. The highest BCUT2D eigenvalue weighted by Gasteiger charge is 2.12. The fraction of sp³-hybridized carbons (Fsp3) is 0. The third-order valence-electron chi connectivity index (χ3n) is 3.07. The molecule has 0 bridgehead atoms. The minimum absolute atomic E-state index is 0.319. The summed E-state index contributed by atoms with van der Waals surface area (Å²) in [5, 5.41) is 4.24. The van der Waals surface area contributed by atoms with E-state index in [4.69, 9.17) is 11.5 Å². The summed E-state index contributed by atoms with van der Waals surface area (Å²) in [7, 11) is 0.